The molecule has 0 bridgehead atoms. The summed E-state index contributed by atoms with van der Waals surface area (Å²) >= 11 is 7.70. The lowest BCUT2D eigenvalue weighted by Gasteiger charge is -2.08. The van der Waals surface area contributed by atoms with Gasteiger partial charge >= 0.3 is 0 Å². The summed E-state index contributed by atoms with van der Waals surface area (Å²) in [7, 11) is 3.50. The van der Waals surface area contributed by atoms with Gasteiger partial charge in [0, 0.05) is 17.5 Å². The third-order valence-electron chi connectivity index (χ3n) is 2.47. The summed E-state index contributed by atoms with van der Waals surface area (Å²) in [6, 6.07) is 3.83. The summed E-state index contributed by atoms with van der Waals surface area (Å²) in [6.07, 6.45) is 0. The quantitative estimate of drug-likeness (QED) is 0.919. The zero-order valence-corrected chi connectivity index (χ0v) is 11.4. The van der Waals surface area contributed by atoms with Crippen LogP contribution < -0.4 is 10.1 Å². The molecule has 17 heavy (non-hydrogen) atoms. The number of halogens is 1. The number of benzene rings is 1. The Morgan fingerprint density at radius 2 is 2.18 bits per heavy atom. The van der Waals surface area contributed by atoms with Crippen LogP contribution in [-0.4, -0.2) is 19.1 Å². The van der Waals surface area contributed by atoms with Crippen LogP contribution in [0.1, 0.15) is 5.56 Å². The largest absolute Gasteiger partial charge is 0.496 e. The zero-order valence-electron chi connectivity index (χ0n) is 9.87. The molecular weight excluding hydrogens is 256 g/mol. The van der Waals surface area contributed by atoms with Crippen LogP contribution in [0.4, 0.5) is 5.82 Å². The SMILES string of the molecule is CNc1csc(-c2cc(Cl)c(C)cc2OC)n1. The zero-order chi connectivity index (χ0) is 12.4. The van der Waals surface area contributed by atoms with Crippen LogP contribution >= 0.6 is 22.9 Å². The molecule has 2 aromatic rings. The first-order valence-corrected chi connectivity index (χ1v) is 6.39. The Morgan fingerprint density at radius 1 is 1.41 bits per heavy atom. The van der Waals surface area contributed by atoms with Crippen molar-refractivity contribution in [1.82, 2.24) is 4.98 Å². The van der Waals surface area contributed by atoms with Gasteiger partial charge in [0.15, 0.2) is 0 Å². The topological polar surface area (TPSA) is 34.1 Å². The number of ether oxygens (including phenoxy) is 1. The first-order chi connectivity index (χ1) is 8.15. The van der Waals surface area contributed by atoms with Gasteiger partial charge in [0.05, 0.1) is 12.7 Å². The van der Waals surface area contributed by atoms with E-state index in [1.165, 1.54) is 0 Å². The molecule has 0 aliphatic carbocycles. The number of hydrogen-bond acceptors (Lipinski definition) is 4. The van der Waals surface area contributed by atoms with Gasteiger partial charge in [0.25, 0.3) is 0 Å². The van der Waals surface area contributed by atoms with E-state index in [0.717, 1.165) is 32.7 Å². The summed E-state index contributed by atoms with van der Waals surface area (Å²) in [5, 5.41) is 6.59. The number of methoxy groups -OCH3 is 1. The average Bonchev–Trinajstić information content (AvgIpc) is 2.80. The lowest BCUT2D eigenvalue weighted by molar-refractivity contribution is 0.416. The van der Waals surface area contributed by atoms with Gasteiger partial charge in [-0.15, -0.1) is 11.3 Å². The Balaban J connectivity index is 2.53. The number of aryl methyl sites for hydroxylation is 1. The summed E-state index contributed by atoms with van der Waals surface area (Å²) in [5.74, 6) is 1.65. The van der Waals surface area contributed by atoms with Crippen molar-refractivity contribution < 1.29 is 4.74 Å². The van der Waals surface area contributed by atoms with Gasteiger partial charge in [-0.1, -0.05) is 11.6 Å². The molecule has 0 aliphatic heterocycles. The monoisotopic (exact) mass is 268 g/mol. The molecule has 0 unspecified atom stereocenters. The van der Waals surface area contributed by atoms with E-state index in [9.17, 15) is 0 Å². The standard InChI is InChI=1S/C12H13ClN2OS/c1-7-4-10(16-3)8(5-9(7)13)12-15-11(14-2)6-17-12/h4-6,14H,1-3H3. The van der Waals surface area contributed by atoms with Crippen molar-refractivity contribution in [3.8, 4) is 16.3 Å². The van der Waals surface area contributed by atoms with Gasteiger partial charge in [0.1, 0.15) is 16.6 Å². The van der Waals surface area contributed by atoms with E-state index in [0.29, 0.717) is 0 Å². The Hall–Kier alpha value is -1.26. The second kappa shape index (κ2) is 4.94. The normalized spacial score (nSPS) is 10.4. The second-order valence-electron chi connectivity index (χ2n) is 3.59. The van der Waals surface area contributed by atoms with E-state index < -0.39 is 0 Å². The van der Waals surface area contributed by atoms with Crippen molar-refractivity contribution >= 4 is 28.8 Å². The van der Waals surface area contributed by atoms with Crippen LogP contribution in [-0.2, 0) is 0 Å². The Kier molecular flexibility index (Phi) is 3.54. The maximum atomic E-state index is 6.14. The maximum absolute atomic E-state index is 6.14. The van der Waals surface area contributed by atoms with Gasteiger partial charge in [-0.05, 0) is 24.6 Å². The molecule has 0 saturated carbocycles. The Labute approximate surface area is 109 Å². The average molecular weight is 269 g/mol. The van der Waals surface area contributed by atoms with Gasteiger partial charge in [0.2, 0.25) is 0 Å². The van der Waals surface area contributed by atoms with Gasteiger partial charge < -0.3 is 10.1 Å². The lowest BCUT2D eigenvalue weighted by atomic mass is 10.1. The van der Waals surface area contributed by atoms with Gasteiger partial charge in [-0.2, -0.15) is 0 Å². The molecule has 5 heteroatoms. The highest BCUT2D eigenvalue weighted by atomic mass is 35.5. The van der Waals surface area contributed by atoms with Crippen molar-refractivity contribution in [2.24, 2.45) is 0 Å². The molecule has 1 aromatic carbocycles. The number of nitrogens with zero attached hydrogens (tertiary/aromatic N) is 1. The molecule has 90 valence electrons. The highest BCUT2D eigenvalue weighted by Gasteiger charge is 2.12. The highest BCUT2D eigenvalue weighted by Crippen LogP contribution is 2.36. The summed E-state index contributed by atoms with van der Waals surface area (Å²) in [6.45, 7) is 1.95. The van der Waals surface area contributed by atoms with Crippen LogP contribution in [0.15, 0.2) is 17.5 Å². The molecule has 0 aliphatic rings. The molecule has 3 nitrogen and oxygen atoms in total. The third kappa shape index (κ3) is 2.37. The van der Waals surface area contributed by atoms with E-state index >= 15 is 0 Å². The van der Waals surface area contributed by atoms with Crippen molar-refractivity contribution in [2.45, 2.75) is 6.92 Å². The minimum Gasteiger partial charge on any atom is -0.496 e. The molecule has 1 N–H and O–H groups in total. The predicted octanol–water partition coefficient (Wildman–Crippen LogP) is 3.82. The fourth-order valence-electron chi connectivity index (χ4n) is 1.50. The summed E-state index contributed by atoms with van der Waals surface area (Å²) in [5.41, 5.74) is 1.92. The van der Waals surface area contributed by atoms with E-state index in [2.05, 4.69) is 10.3 Å². The molecule has 1 aromatic heterocycles. The number of hydrogen-bond donors (Lipinski definition) is 1. The summed E-state index contributed by atoms with van der Waals surface area (Å²) in [4.78, 5) is 4.45. The third-order valence-corrected chi connectivity index (χ3v) is 3.75. The molecular formula is C12H13ClN2OS. The highest BCUT2D eigenvalue weighted by molar-refractivity contribution is 7.13. The van der Waals surface area contributed by atoms with E-state index in [4.69, 9.17) is 16.3 Å². The Bertz CT molecular complexity index is 539. The minimum absolute atomic E-state index is 0.724. The number of aromatic nitrogens is 1. The van der Waals surface area contributed by atoms with Crippen LogP contribution in [0.25, 0.3) is 10.6 Å². The van der Waals surface area contributed by atoms with Gasteiger partial charge in [-0.3, -0.25) is 0 Å². The molecule has 0 amide bonds. The van der Waals surface area contributed by atoms with Crippen LogP contribution in [0, 0.1) is 6.92 Å². The van der Waals surface area contributed by atoms with Crippen LogP contribution in [0.3, 0.4) is 0 Å². The van der Waals surface area contributed by atoms with Crippen LogP contribution in [0.5, 0.6) is 5.75 Å². The number of rotatable bonds is 3. The molecule has 0 fully saturated rings. The fraction of sp³-hybridized carbons (Fsp3) is 0.250. The summed E-state index contributed by atoms with van der Waals surface area (Å²) < 4.78 is 5.37. The van der Waals surface area contributed by atoms with E-state index in [-0.39, 0.29) is 0 Å². The first kappa shape index (κ1) is 12.2. The number of anilines is 1. The lowest BCUT2D eigenvalue weighted by Crippen LogP contribution is -1.91. The fourth-order valence-corrected chi connectivity index (χ4v) is 2.50. The minimum atomic E-state index is 0.724. The number of nitrogens with one attached hydrogen (secondary N) is 1. The predicted molar refractivity (Wildman–Crippen MR) is 73.4 cm³/mol. The molecule has 0 spiro atoms. The maximum Gasteiger partial charge on any atom is 0.137 e. The molecule has 0 atom stereocenters. The smallest absolute Gasteiger partial charge is 0.137 e. The van der Waals surface area contributed by atoms with E-state index in [1.807, 2.05) is 31.5 Å². The van der Waals surface area contributed by atoms with Crippen molar-refractivity contribution in [3.05, 3.63) is 28.1 Å². The molecule has 0 saturated heterocycles. The molecule has 1 heterocycles. The molecule has 2 rings (SSSR count). The number of thiazole rings is 1. The Morgan fingerprint density at radius 3 is 2.76 bits per heavy atom. The molecule has 0 radical (unpaired) electrons. The van der Waals surface area contributed by atoms with Gasteiger partial charge in [-0.25, -0.2) is 4.98 Å². The first-order valence-electron chi connectivity index (χ1n) is 5.13. The van der Waals surface area contributed by atoms with Crippen molar-refractivity contribution in [3.63, 3.8) is 0 Å². The van der Waals surface area contributed by atoms with Crippen molar-refractivity contribution in [2.75, 3.05) is 19.5 Å². The van der Waals surface area contributed by atoms with E-state index in [1.54, 1.807) is 18.4 Å². The van der Waals surface area contributed by atoms with Crippen LogP contribution in [0.2, 0.25) is 5.02 Å². The van der Waals surface area contributed by atoms with Crippen molar-refractivity contribution in [1.29, 1.82) is 0 Å². The second-order valence-corrected chi connectivity index (χ2v) is 4.85.